The number of fused-ring (bicyclic) bond motifs is 4. The number of aromatic nitrogens is 2. The predicted octanol–water partition coefficient (Wildman–Crippen LogP) is 7.37. The highest BCUT2D eigenvalue weighted by Crippen LogP contribution is 2.43. The van der Waals surface area contributed by atoms with Gasteiger partial charge in [0.25, 0.3) is 0 Å². The van der Waals surface area contributed by atoms with E-state index in [1.165, 1.54) is 43.8 Å². The molecule has 6 rings (SSSR count). The van der Waals surface area contributed by atoms with Gasteiger partial charge in [-0.1, -0.05) is 60.7 Å². The number of benzene rings is 4. The summed E-state index contributed by atoms with van der Waals surface area (Å²) in [6, 6.07) is 29.8. The monoisotopic (exact) mass is 384 g/mol. The first-order valence-electron chi connectivity index (χ1n) is 10.3. The van der Waals surface area contributed by atoms with Gasteiger partial charge >= 0.3 is 0 Å². The van der Waals surface area contributed by atoms with Crippen LogP contribution in [0.15, 0.2) is 84.9 Å². The van der Waals surface area contributed by atoms with Crippen LogP contribution < -0.4 is 0 Å². The third-order valence-corrected chi connectivity index (χ3v) is 6.08. The van der Waals surface area contributed by atoms with Crippen LogP contribution >= 0.6 is 0 Å². The summed E-state index contributed by atoms with van der Waals surface area (Å²) < 4.78 is 0. The Kier molecular flexibility index (Phi) is 3.63. The minimum atomic E-state index is 1.02. The van der Waals surface area contributed by atoms with Gasteiger partial charge in [-0.3, -0.25) is 0 Å². The van der Waals surface area contributed by atoms with Crippen LogP contribution in [-0.4, -0.2) is 9.97 Å². The normalized spacial score (nSPS) is 11.7. The number of rotatable bonds is 1. The van der Waals surface area contributed by atoms with Crippen LogP contribution in [0.25, 0.3) is 54.7 Å². The van der Waals surface area contributed by atoms with Crippen LogP contribution in [0.5, 0.6) is 0 Å². The molecule has 6 aromatic rings. The fraction of sp³-hybridized carbons (Fsp3) is 0.0714. The fourth-order valence-electron chi connectivity index (χ4n) is 4.75. The molecule has 2 aromatic heterocycles. The standard InChI is InChI=1S/C28H20N2/c1-17-9-7-15-23-25(17)27(19-11-3-5-13-21(19)29-23)28-20-12-4-6-14-22(20)30-24-16-8-10-18(2)26(24)28/h3-16H,1-2H3. The smallest absolute Gasteiger partial charge is 0.0718 e. The molecule has 2 heterocycles. The summed E-state index contributed by atoms with van der Waals surface area (Å²) in [5.74, 6) is 0. The van der Waals surface area contributed by atoms with Crippen molar-refractivity contribution >= 4 is 43.6 Å². The number of para-hydroxylation sites is 2. The Bertz CT molecular complexity index is 1490. The van der Waals surface area contributed by atoms with Gasteiger partial charge in [-0.05, 0) is 49.2 Å². The van der Waals surface area contributed by atoms with E-state index in [9.17, 15) is 0 Å². The van der Waals surface area contributed by atoms with Crippen molar-refractivity contribution in [2.75, 3.05) is 0 Å². The maximum Gasteiger partial charge on any atom is 0.0718 e. The minimum absolute atomic E-state index is 1.02. The molecule has 0 unspecified atom stereocenters. The third kappa shape index (κ3) is 2.37. The molecule has 0 aliphatic heterocycles. The van der Waals surface area contributed by atoms with Crippen LogP contribution in [0, 0.1) is 13.8 Å². The van der Waals surface area contributed by atoms with Gasteiger partial charge in [0.1, 0.15) is 0 Å². The van der Waals surface area contributed by atoms with Gasteiger partial charge in [-0.2, -0.15) is 0 Å². The summed E-state index contributed by atoms with van der Waals surface area (Å²) in [7, 11) is 0. The third-order valence-electron chi connectivity index (χ3n) is 6.08. The van der Waals surface area contributed by atoms with Gasteiger partial charge in [-0.15, -0.1) is 0 Å². The van der Waals surface area contributed by atoms with E-state index >= 15 is 0 Å². The molecular weight excluding hydrogens is 364 g/mol. The second kappa shape index (κ2) is 6.36. The van der Waals surface area contributed by atoms with Crippen LogP contribution in [0.4, 0.5) is 0 Å². The van der Waals surface area contributed by atoms with Crippen molar-refractivity contribution in [2.45, 2.75) is 13.8 Å². The van der Waals surface area contributed by atoms with E-state index in [2.05, 4.69) is 98.8 Å². The first-order chi connectivity index (χ1) is 14.7. The van der Waals surface area contributed by atoms with E-state index in [0.717, 1.165) is 22.1 Å². The molecular formula is C28H20N2. The Morgan fingerprint density at radius 1 is 0.433 bits per heavy atom. The number of aryl methyl sites for hydroxylation is 2. The molecule has 142 valence electrons. The Morgan fingerprint density at radius 3 is 1.30 bits per heavy atom. The molecule has 0 spiro atoms. The molecule has 4 aromatic carbocycles. The highest BCUT2D eigenvalue weighted by molar-refractivity contribution is 6.21. The quantitative estimate of drug-likeness (QED) is 0.277. The summed E-state index contributed by atoms with van der Waals surface area (Å²) in [6.07, 6.45) is 0. The minimum Gasteiger partial charge on any atom is -0.248 e. The second-order valence-corrected chi connectivity index (χ2v) is 7.95. The maximum absolute atomic E-state index is 4.99. The number of hydrogen-bond acceptors (Lipinski definition) is 2. The molecule has 0 saturated carbocycles. The zero-order chi connectivity index (χ0) is 20.2. The lowest BCUT2D eigenvalue weighted by atomic mass is 9.88. The van der Waals surface area contributed by atoms with E-state index < -0.39 is 0 Å². The van der Waals surface area contributed by atoms with E-state index in [-0.39, 0.29) is 0 Å². The Balaban J connectivity index is 1.99. The molecule has 2 nitrogen and oxygen atoms in total. The van der Waals surface area contributed by atoms with Crippen molar-refractivity contribution in [3.63, 3.8) is 0 Å². The van der Waals surface area contributed by atoms with Gasteiger partial charge < -0.3 is 0 Å². The summed E-state index contributed by atoms with van der Waals surface area (Å²) >= 11 is 0. The predicted molar refractivity (Wildman–Crippen MR) is 127 cm³/mol. The summed E-state index contributed by atoms with van der Waals surface area (Å²) in [4.78, 5) is 9.98. The Labute approximate surface area is 174 Å². The van der Waals surface area contributed by atoms with Crippen molar-refractivity contribution in [3.8, 4) is 11.1 Å². The highest BCUT2D eigenvalue weighted by Gasteiger charge is 2.19. The van der Waals surface area contributed by atoms with Crippen molar-refractivity contribution in [3.05, 3.63) is 96.1 Å². The van der Waals surface area contributed by atoms with Gasteiger partial charge in [0.05, 0.1) is 22.1 Å². The van der Waals surface area contributed by atoms with Crippen LogP contribution in [0.1, 0.15) is 11.1 Å². The topological polar surface area (TPSA) is 25.8 Å². The van der Waals surface area contributed by atoms with Gasteiger partial charge in [0.2, 0.25) is 0 Å². The van der Waals surface area contributed by atoms with Crippen molar-refractivity contribution in [1.29, 1.82) is 0 Å². The van der Waals surface area contributed by atoms with E-state index in [0.29, 0.717) is 0 Å². The van der Waals surface area contributed by atoms with Crippen LogP contribution in [0.2, 0.25) is 0 Å². The first-order valence-corrected chi connectivity index (χ1v) is 10.3. The molecule has 0 aliphatic carbocycles. The zero-order valence-corrected chi connectivity index (χ0v) is 17.0. The van der Waals surface area contributed by atoms with Crippen molar-refractivity contribution in [2.24, 2.45) is 0 Å². The summed E-state index contributed by atoms with van der Waals surface area (Å²) in [6.45, 7) is 4.36. The first kappa shape index (κ1) is 17.1. The molecule has 30 heavy (non-hydrogen) atoms. The SMILES string of the molecule is Cc1cccc2nc3ccccc3c(-c3c4ccccc4nc4cccc(C)c34)c12. The molecule has 0 radical (unpaired) electrons. The largest absolute Gasteiger partial charge is 0.248 e. The molecule has 0 atom stereocenters. The maximum atomic E-state index is 4.99. The second-order valence-electron chi connectivity index (χ2n) is 7.95. The lowest BCUT2D eigenvalue weighted by Crippen LogP contribution is -1.96. The lowest BCUT2D eigenvalue weighted by Gasteiger charge is -2.18. The summed E-state index contributed by atoms with van der Waals surface area (Å²) in [5, 5.41) is 4.80. The molecule has 2 heteroatoms. The van der Waals surface area contributed by atoms with Crippen LogP contribution in [-0.2, 0) is 0 Å². The van der Waals surface area contributed by atoms with Crippen LogP contribution in [0.3, 0.4) is 0 Å². The molecule has 0 amide bonds. The Hall–Kier alpha value is -3.78. The van der Waals surface area contributed by atoms with Crippen molar-refractivity contribution < 1.29 is 0 Å². The fourth-order valence-corrected chi connectivity index (χ4v) is 4.75. The average Bonchev–Trinajstić information content (AvgIpc) is 2.77. The molecule has 0 N–H and O–H groups in total. The average molecular weight is 384 g/mol. The van der Waals surface area contributed by atoms with E-state index in [4.69, 9.17) is 9.97 Å². The summed E-state index contributed by atoms with van der Waals surface area (Å²) in [5.41, 5.74) is 9.10. The van der Waals surface area contributed by atoms with Gasteiger partial charge in [0, 0.05) is 32.7 Å². The number of nitrogens with zero attached hydrogens (tertiary/aromatic N) is 2. The van der Waals surface area contributed by atoms with Gasteiger partial charge in [0.15, 0.2) is 0 Å². The van der Waals surface area contributed by atoms with Crippen molar-refractivity contribution in [1.82, 2.24) is 9.97 Å². The molecule has 0 fully saturated rings. The molecule has 0 saturated heterocycles. The molecule has 0 aliphatic rings. The highest BCUT2D eigenvalue weighted by atomic mass is 14.7. The van der Waals surface area contributed by atoms with E-state index in [1.54, 1.807) is 0 Å². The molecule has 0 bridgehead atoms. The zero-order valence-electron chi connectivity index (χ0n) is 17.0. The lowest BCUT2D eigenvalue weighted by molar-refractivity contribution is 1.44. The van der Waals surface area contributed by atoms with Gasteiger partial charge in [-0.25, -0.2) is 9.97 Å². The number of hydrogen-bond donors (Lipinski definition) is 0. The number of pyridine rings is 2. The Morgan fingerprint density at radius 2 is 0.833 bits per heavy atom. The van der Waals surface area contributed by atoms with E-state index in [1.807, 2.05) is 0 Å².